The maximum atomic E-state index is 12.9. The second-order valence-electron chi connectivity index (χ2n) is 8.51. The Bertz CT molecular complexity index is 878. The number of hydrogen-bond donors (Lipinski definition) is 3. The molecule has 1 fully saturated rings. The quantitative estimate of drug-likeness (QED) is 0.709. The zero-order chi connectivity index (χ0) is 20.9. The van der Waals surface area contributed by atoms with Crippen molar-refractivity contribution in [2.75, 3.05) is 5.32 Å². The summed E-state index contributed by atoms with van der Waals surface area (Å²) in [7, 11) is 0. The molecule has 0 radical (unpaired) electrons. The number of rotatable bonds is 5. The molecule has 4 N–H and O–H groups in total. The van der Waals surface area contributed by atoms with Crippen LogP contribution in [0.25, 0.3) is 0 Å². The molecule has 30 heavy (non-hydrogen) atoms. The predicted octanol–water partition coefficient (Wildman–Crippen LogP) is 3.35. The number of aryl methyl sites for hydroxylation is 1. The Hall–Kier alpha value is -2.73. The largest absolute Gasteiger partial charge is 0.348 e. The zero-order valence-electron chi connectivity index (χ0n) is 17.2. The van der Waals surface area contributed by atoms with E-state index in [4.69, 9.17) is 5.73 Å². The molecule has 2 aliphatic carbocycles. The van der Waals surface area contributed by atoms with Crippen molar-refractivity contribution in [3.05, 3.63) is 59.9 Å². The van der Waals surface area contributed by atoms with Crippen molar-refractivity contribution < 1.29 is 9.59 Å². The lowest BCUT2D eigenvalue weighted by atomic mass is 9.78. The van der Waals surface area contributed by atoms with Crippen LogP contribution in [0.5, 0.6) is 0 Å². The minimum atomic E-state index is -0.525. The van der Waals surface area contributed by atoms with Crippen LogP contribution < -0.4 is 16.4 Å². The average Bonchev–Trinajstić information content (AvgIpc) is 2.79. The number of pyridine rings is 1. The summed E-state index contributed by atoms with van der Waals surface area (Å²) in [5.74, 6) is 0.0570. The van der Waals surface area contributed by atoms with Crippen molar-refractivity contribution in [1.82, 2.24) is 10.3 Å². The lowest BCUT2D eigenvalue weighted by molar-refractivity contribution is -0.125. The van der Waals surface area contributed by atoms with Gasteiger partial charge in [-0.05, 0) is 74.1 Å². The molecule has 4 rings (SSSR count). The van der Waals surface area contributed by atoms with E-state index in [1.54, 1.807) is 24.5 Å². The first kappa shape index (κ1) is 20.5. The summed E-state index contributed by atoms with van der Waals surface area (Å²) in [6.45, 7) is 0. The normalized spacial score (nSPS) is 24.4. The fourth-order valence-electron chi connectivity index (χ4n) is 4.81. The molecule has 0 aliphatic heterocycles. The van der Waals surface area contributed by atoms with E-state index in [0.717, 1.165) is 50.6 Å². The van der Waals surface area contributed by atoms with Crippen LogP contribution in [0, 0.1) is 11.8 Å². The van der Waals surface area contributed by atoms with Gasteiger partial charge in [0.05, 0.1) is 12.1 Å². The number of nitrogens with two attached hydrogens (primary N) is 1. The Labute approximate surface area is 177 Å². The van der Waals surface area contributed by atoms with E-state index < -0.39 is 6.04 Å². The Morgan fingerprint density at radius 3 is 2.50 bits per heavy atom. The summed E-state index contributed by atoms with van der Waals surface area (Å²) in [5.41, 5.74) is 9.66. The third-order valence-electron chi connectivity index (χ3n) is 6.59. The van der Waals surface area contributed by atoms with Gasteiger partial charge in [0, 0.05) is 24.0 Å². The average molecular weight is 407 g/mol. The van der Waals surface area contributed by atoms with E-state index in [1.165, 1.54) is 11.1 Å². The highest BCUT2D eigenvalue weighted by Crippen LogP contribution is 2.33. The molecule has 2 unspecified atom stereocenters. The maximum Gasteiger partial charge on any atom is 0.237 e. The second-order valence-corrected chi connectivity index (χ2v) is 8.51. The molecule has 0 spiro atoms. The molecule has 1 heterocycles. The molecule has 2 aliphatic rings. The van der Waals surface area contributed by atoms with Gasteiger partial charge < -0.3 is 16.4 Å². The van der Waals surface area contributed by atoms with Crippen LogP contribution in [-0.2, 0) is 16.0 Å². The lowest BCUT2D eigenvalue weighted by Crippen LogP contribution is -2.48. The number of anilines is 1. The topological polar surface area (TPSA) is 97.1 Å². The van der Waals surface area contributed by atoms with E-state index in [2.05, 4.69) is 33.8 Å². The van der Waals surface area contributed by atoms with Gasteiger partial charge in [-0.15, -0.1) is 0 Å². The molecular formula is C24H30N4O2. The number of amides is 2. The summed E-state index contributed by atoms with van der Waals surface area (Å²) in [6, 6.07) is 11.4. The minimum absolute atomic E-state index is 0.0325. The molecule has 2 amide bonds. The Balaban J connectivity index is 1.28. The number of hydrogen-bond acceptors (Lipinski definition) is 4. The first-order valence-corrected chi connectivity index (χ1v) is 11.0. The maximum absolute atomic E-state index is 12.9. The standard InChI is InChI=1S/C24H30N4O2/c25-22(24(30)28-21-7-3-5-16-4-1-2-6-20(16)21)17-8-10-18(11-9-17)23(29)27-19-12-14-26-15-13-19/h1-2,4,6,12-15,17-18,21-22H,3,5,7-11,25H2,(H,28,30)(H,26,27,29)/t17-,18-,21?,22?. The van der Waals surface area contributed by atoms with Crippen molar-refractivity contribution in [2.45, 2.75) is 57.0 Å². The van der Waals surface area contributed by atoms with Crippen molar-refractivity contribution in [3.8, 4) is 0 Å². The number of carbonyl (C=O) groups excluding carboxylic acids is 2. The van der Waals surface area contributed by atoms with Crippen LogP contribution in [0.2, 0.25) is 0 Å². The van der Waals surface area contributed by atoms with Crippen molar-refractivity contribution in [3.63, 3.8) is 0 Å². The van der Waals surface area contributed by atoms with Gasteiger partial charge in [-0.1, -0.05) is 24.3 Å². The van der Waals surface area contributed by atoms with Crippen molar-refractivity contribution in [1.29, 1.82) is 0 Å². The molecule has 0 bridgehead atoms. The van der Waals surface area contributed by atoms with E-state index in [1.807, 2.05) is 6.07 Å². The fraction of sp³-hybridized carbons (Fsp3) is 0.458. The van der Waals surface area contributed by atoms with Crippen LogP contribution >= 0.6 is 0 Å². The van der Waals surface area contributed by atoms with Crippen LogP contribution in [0.15, 0.2) is 48.8 Å². The molecule has 158 valence electrons. The van der Waals surface area contributed by atoms with Gasteiger partial charge in [0.25, 0.3) is 0 Å². The van der Waals surface area contributed by atoms with Gasteiger partial charge in [0.1, 0.15) is 0 Å². The molecule has 1 aromatic carbocycles. The third-order valence-corrected chi connectivity index (χ3v) is 6.59. The minimum Gasteiger partial charge on any atom is -0.348 e. The van der Waals surface area contributed by atoms with Crippen molar-refractivity contribution in [2.24, 2.45) is 17.6 Å². The van der Waals surface area contributed by atoms with Gasteiger partial charge >= 0.3 is 0 Å². The highest BCUT2D eigenvalue weighted by Gasteiger charge is 2.33. The highest BCUT2D eigenvalue weighted by molar-refractivity contribution is 5.92. The number of carbonyl (C=O) groups is 2. The van der Waals surface area contributed by atoms with Crippen molar-refractivity contribution >= 4 is 17.5 Å². The molecule has 0 saturated heterocycles. The lowest BCUT2D eigenvalue weighted by Gasteiger charge is -2.33. The number of nitrogens with one attached hydrogen (secondary N) is 2. The summed E-state index contributed by atoms with van der Waals surface area (Å²) >= 11 is 0. The van der Waals surface area contributed by atoms with E-state index in [0.29, 0.717) is 0 Å². The summed E-state index contributed by atoms with van der Waals surface area (Å²) < 4.78 is 0. The molecular weight excluding hydrogens is 376 g/mol. The van der Waals surface area contributed by atoms with Crippen LogP contribution in [0.1, 0.15) is 55.7 Å². The molecule has 2 aromatic rings. The highest BCUT2D eigenvalue weighted by atomic mass is 16.2. The molecule has 1 saturated carbocycles. The smallest absolute Gasteiger partial charge is 0.237 e. The van der Waals surface area contributed by atoms with Gasteiger partial charge in [-0.3, -0.25) is 14.6 Å². The fourth-order valence-corrected chi connectivity index (χ4v) is 4.81. The van der Waals surface area contributed by atoms with Crippen LogP contribution in [0.4, 0.5) is 5.69 Å². The van der Waals surface area contributed by atoms with Gasteiger partial charge in [-0.25, -0.2) is 0 Å². The molecule has 1 aromatic heterocycles. The number of aromatic nitrogens is 1. The summed E-state index contributed by atoms with van der Waals surface area (Å²) in [5, 5.41) is 6.14. The predicted molar refractivity (Wildman–Crippen MR) is 117 cm³/mol. The number of nitrogens with zero attached hydrogens (tertiary/aromatic N) is 1. The first-order chi connectivity index (χ1) is 14.6. The summed E-state index contributed by atoms with van der Waals surface area (Å²) in [6.07, 6.45) is 9.54. The van der Waals surface area contributed by atoms with Crippen LogP contribution in [-0.4, -0.2) is 22.8 Å². The Morgan fingerprint density at radius 2 is 1.73 bits per heavy atom. The SMILES string of the molecule is NC(C(=O)NC1CCCc2ccccc21)[C@H]1CC[C@H](C(=O)Nc2ccncc2)CC1. The number of benzene rings is 1. The zero-order valence-corrected chi connectivity index (χ0v) is 17.2. The van der Waals surface area contributed by atoms with Gasteiger partial charge in [0.2, 0.25) is 11.8 Å². The molecule has 6 nitrogen and oxygen atoms in total. The van der Waals surface area contributed by atoms with E-state index in [-0.39, 0.29) is 29.7 Å². The second kappa shape index (κ2) is 9.39. The van der Waals surface area contributed by atoms with Crippen LogP contribution in [0.3, 0.4) is 0 Å². The number of fused-ring (bicyclic) bond motifs is 1. The monoisotopic (exact) mass is 406 g/mol. The van der Waals surface area contributed by atoms with E-state index in [9.17, 15) is 9.59 Å². The van der Waals surface area contributed by atoms with E-state index >= 15 is 0 Å². The van der Waals surface area contributed by atoms with Gasteiger partial charge in [-0.2, -0.15) is 0 Å². The Kier molecular flexibility index (Phi) is 6.43. The Morgan fingerprint density at radius 1 is 1.00 bits per heavy atom. The molecule has 6 heteroatoms. The first-order valence-electron chi connectivity index (χ1n) is 11.0. The summed E-state index contributed by atoms with van der Waals surface area (Å²) in [4.78, 5) is 29.3. The van der Waals surface area contributed by atoms with Gasteiger partial charge in [0.15, 0.2) is 0 Å². The molecule has 2 atom stereocenters. The third kappa shape index (κ3) is 4.70.